The lowest BCUT2D eigenvalue weighted by molar-refractivity contribution is -0.132. The van der Waals surface area contributed by atoms with Crippen LogP contribution in [0.5, 0.6) is 0 Å². The van der Waals surface area contributed by atoms with Gasteiger partial charge < -0.3 is 10.2 Å². The molecule has 2 aromatic rings. The zero-order valence-electron chi connectivity index (χ0n) is 19.1. The van der Waals surface area contributed by atoms with E-state index in [2.05, 4.69) is 40.6 Å². The Morgan fingerprint density at radius 1 is 1.12 bits per heavy atom. The number of aliphatic imine (C=N–C) groups is 2. The normalized spacial score (nSPS) is 15.7. The molecule has 2 aromatic carbocycles. The van der Waals surface area contributed by atoms with E-state index in [1.54, 1.807) is 0 Å². The first-order valence-electron chi connectivity index (χ1n) is 11.5. The summed E-state index contributed by atoms with van der Waals surface area (Å²) in [5.74, 6) is 0.841. The Morgan fingerprint density at radius 3 is 2.53 bits per heavy atom. The summed E-state index contributed by atoms with van der Waals surface area (Å²) in [5.41, 5.74) is 6.58. The standard InChI is InChI=1S/C27H32N4O/c1-20(2)30-26-16-23(24-18-28-19-24)9-10-25(26)29-17-22-12-14-31(15-13-22)27(32)11-8-21-6-4-3-5-7-21/h3-7,9-10,16,18-19,22,29H,8,11-15,17H2,1-2H3. The van der Waals surface area contributed by atoms with Crippen molar-refractivity contribution in [1.29, 1.82) is 0 Å². The molecule has 1 fully saturated rings. The van der Waals surface area contributed by atoms with Gasteiger partial charge in [0.25, 0.3) is 0 Å². The van der Waals surface area contributed by atoms with Crippen LogP contribution in [0.1, 0.15) is 44.2 Å². The molecule has 2 heterocycles. The summed E-state index contributed by atoms with van der Waals surface area (Å²) in [6, 6.07) is 16.6. The highest BCUT2D eigenvalue weighted by Gasteiger charge is 2.22. The molecular formula is C27H32N4O. The summed E-state index contributed by atoms with van der Waals surface area (Å²) in [6.45, 7) is 6.65. The van der Waals surface area contributed by atoms with Crippen LogP contribution in [0.2, 0.25) is 0 Å². The van der Waals surface area contributed by atoms with Gasteiger partial charge in [-0.1, -0.05) is 36.4 Å². The Hall–Kier alpha value is -3.21. The first-order chi connectivity index (χ1) is 15.6. The Labute approximate surface area is 191 Å². The summed E-state index contributed by atoms with van der Waals surface area (Å²) in [5, 5.41) is 3.62. The highest BCUT2D eigenvalue weighted by Crippen LogP contribution is 2.31. The second kappa shape index (κ2) is 10.4. The van der Waals surface area contributed by atoms with E-state index in [9.17, 15) is 4.79 Å². The predicted octanol–water partition coefficient (Wildman–Crippen LogP) is 5.51. The van der Waals surface area contributed by atoms with Crippen molar-refractivity contribution in [1.82, 2.24) is 4.90 Å². The van der Waals surface area contributed by atoms with Crippen LogP contribution >= 0.6 is 0 Å². The molecule has 32 heavy (non-hydrogen) atoms. The largest absolute Gasteiger partial charge is 0.383 e. The number of benzene rings is 2. The van der Waals surface area contributed by atoms with Gasteiger partial charge in [0.1, 0.15) is 0 Å². The first-order valence-corrected chi connectivity index (χ1v) is 11.5. The zero-order valence-corrected chi connectivity index (χ0v) is 19.1. The van der Waals surface area contributed by atoms with Crippen molar-refractivity contribution in [3.05, 3.63) is 65.9 Å². The van der Waals surface area contributed by atoms with Gasteiger partial charge in [-0.3, -0.25) is 14.8 Å². The summed E-state index contributed by atoms with van der Waals surface area (Å²) < 4.78 is 0. The number of hydrogen-bond donors (Lipinski definition) is 1. The predicted molar refractivity (Wildman–Crippen MR) is 134 cm³/mol. The molecule has 1 amide bonds. The van der Waals surface area contributed by atoms with Gasteiger partial charge in [-0.15, -0.1) is 0 Å². The lowest BCUT2D eigenvalue weighted by atomic mass is 9.96. The first kappa shape index (κ1) is 22.0. The maximum atomic E-state index is 12.6. The Balaban J connectivity index is 1.27. The van der Waals surface area contributed by atoms with Crippen molar-refractivity contribution >= 4 is 34.8 Å². The molecule has 1 saturated heterocycles. The van der Waals surface area contributed by atoms with Crippen molar-refractivity contribution in [2.75, 3.05) is 25.0 Å². The number of carbonyl (C=O) groups is 1. The molecule has 0 radical (unpaired) electrons. The lowest BCUT2D eigenvalue weighted by Gasteiger charge is -2.32. The van der Waals surface area contributed by atoms with Crippen molar-refractivity contribution < 1.29 is 4.79 Å². The fourth-order valence-corrected chi connectivity index (χ4v) is 4.19. The molecular weight excluding hydrogens is 396 g/mol. The van der Waals surface area contributed by atoms with E-state index in [1.807, 2.05) is 49.4 Å². The van der Waals surface area contributed by atoms with Gasteiger partial charge in [0.05, 0.1) is 11.4 Å². The average molecular weight is 429 g/mol. The number of aryl methyl sites for hydroxylation is 1. The number of allylic oxidation sites excluding steroid dienone is 1. The van der Waals surface area contributed by atoms with Crippen LogP contribution in [-0.2, 0) is 11.2 Å². The van der Waals surface area contributed by atoms with Crippen LogP contribution in [0, 0.1) is 5.92 Å². The third-order valence-electron chi connectivity index (χ3n) is 6.12. The number of amides is 1. The molecule has 0 saturated carbocycles. The number of nitrogens with one attached hydrogen (secondary N) is 1. The molecule has 1 N–H and O–H groups in total. The zero-order chi connectivity index (χ0) is 22.3. The van der Waals surface area contributed by atoms with Crippen LogP contribution in [0.3, 0.4) is 0 Å². The number of piperidine rings is 1. The minimum absolute atomic E-state index is 0.278. The van der Waals surface area contributed by atoms with E-state index >= 15 is 0 Å². The van der Waals surface area contributed by atoms with Crippen LogP contribution < -0.4 is 5.32 Å². The highest BCUT2D eigenvalue weighted by atomic mass is 16.2. The maximum absolute atomic E-state index is 12.6. The van der Waals surface area contributed by atoms with Gasteiger partial charge in [0.2, 0.25) is 5.91 Å². The average Bonchev–Trinajstić information content (AvgIpc) is 2.76. The second-order valence-electron chi connectivity index (χ2n) is 8.84. The summed E-state index contributed by atoms with van der Waals surface area (Å²) in [7, 11) is 0. The number of carbonyl (C=O) groups excluding carboxylic acids is 1. The van der Waals surface area contributed by atoms with Crippen molar-refractivity contribution in [3.8, 4) is 0 Å². The van der Waals surface area contributed by atoms with E-state index in [-0.39, 0.29) is 5.91 Å². The van der Waals surface area contributed by atoms with Crippen LogP contribution in [0.4, 0.5) is 11.4 Å². The smallest absolute Gasteiger partial charge is 0.222 e. The van der Waals surface area contributed by atoms with Gasteiger partial charge in [0.15, 0.2) is 0 Å². The molecule has 4 rings (SSSR count). The van der Waals surface area contributed by atoms with E-state index in [1.165, 1.54) is 5.56 Å². The number of rotatable bonds is 8. The fourth-order valence-electron chi connectivity index (χ4n) is 4.19. The molecule has 0 spiro atoms. The molecule has 5 heteroatoms. The van der Waals surface area contributed by atoms with Crippen molar-refractivity contribution in [3.63, 3.8) is 0 Å². The van der Waals surface area contributed by atoms with E-state index in [0.717, 1.165) is 67.1 Å². The quantitative estimate of drug-likeness (QED) is 0.564. The molecule has 0 bridgehead atoms. The Bertz CT molecular complexity index is 1030. The van der Waals surface area contributed by atoms with Crippen LogP contribution in [0.15, 0.2) is 64.7 Å². The maximum Gasteiger partial charge on any atom is 0.222 e. The van der Waals surface area contributed by atoms with Crippen molar-refractivity contribution in [2.45, 2.75) is 39.5 Å². The molecule has 2 aliphatic rings. The lowest BCUT2D eigenvalue weighted by Crippen LogP contribution is -2.40. The van der Waals surface area contributed by atoms with Gasteiger partial charge >= 0.3 is 0 Å². The molecule has 0 atom stereocenters. The van der Waals surface area contributed by atoms with Gasteiger partial charge in [-0.05, 0) is 62.3 Å². The molecule has 5 nitrogen and oxygen atoms in total. The number of likely N-dealkylation sites (tertiary alicyclic amines) is 1. The highest BCUT2D eigenvalue weighted by molar-refractivity contribution is 6.14. The molecule has 0 aliphatic carbocycles. The summed E-state index contributed by atoms with van der Waals surface area (Å²) in [6.07, 6.45) is 7.25. The third-order valence-corrected chi connectivity index (χ3v) is 6.12. The Morgan fingerprint density at radius 2 is 1.88 bits per heavy atom. The van der Waals surface area contributed by atoms with E-state index in [0.29, 0.717) is 12.3 Å². The number of anilines is 1. The van der Waals surface area contributed by atoms with Crippen LogP contribution in [-0.4, -0.2) is 42.4 Å². The second-order valence-corrected chi connectivity index (χ2v) is 8.84. The fraction of sp³-hybridized carbons (Fsp3) is 0.370. The molecule has 2 aliphatic heterocycles. The minimum Gasteiger partial charge on any atom is -0.383 e. The molecule has 166 valence electrons. The van der Waals surface area contributed by atoms with Gasteiger partial charge in [-0.25, -0.2) is 0 Å². The molecule has 0 unspecified atom stereocenters. The topological polar surface area (TPSA) is 57.1 Å². The van der Waals surface area contributed by atoms with E-state index < -0.39 is 0 Å². The number of nitrogens with zero attached hydrogens (tertiary/aromatic N) is 3. The van der Waals surface area contributed by atoms with E-state index in [4.69, 9.17) is 4.99 Å². The minimum atomic E-state index is 0.278. The summed E-state index contributed by atoms with van der Waals surface area (Å²) >= 11 is 0. The summed E-state index contributed by atoms with van der Waals surface area (Å²) in [4.78, 5) is 23.4. The Kier molecular flexibility index (Phi) is 7.15. The molecule has 0 aromatic heterocycles. The van der Waals surface area contributed by atoms with Crippen molar-refractivity contribution in [2.24, 2.45) is 15.9 Å². The third kappa shape index (κ3) is 5.72. The van der Waals surface area contributed by atoms with Gasteiger partial charge in [0, 0.05) is 49.8 Å². The van der Waals surface area contributed by atoms with Crippen LogP contribution in [0.25, 0.3) is 5.57 Å². The monoisotopic (exact) mass is 428 g/mol. The SMILES string of the molecule is CC(C)=Nc1cc(C2=CN=C2)ccc1NCC1CCN(C(=O)CCc2ccccc2)CC1. The number of hydrogen-bond acceptors (Lipinski definition) is 4. The van der Waals surface area contributed by atoms with Gasteiger partial charge in [-0.2, -0.15) is 0 Å².